The van der Waals surface area contributed by atoms with E-state index in [4.69, 9.17) is 34.4 Å². The summed E-state index contributed by atoms with van der Waals surface area (Å²) in [5.41, 5.74) is 27.6. The van der Waals surface area contributed by atoms with Gasteiger partial charge in [0.15, 0.2) is 34.6 Å². The van der Waals surface area contributed by atoms with Gasteiger partial charge in [-0.1, -0.05) is 0 Å². The molecular weight excluding hydrogens is 400 g/mol. The topological polar surface area (TPSA) is 290 Å². The van der Waals surface area contributed by atoms with Crippen LogP contribution in [0.15, 0.2) is 9.98 Å². The predicted octanol–water partition coefficient (Wildman–Crippen LogP) is -3.42. The highest BCUT2D eigenvalue weighted by Gasteiger charge is 2.44. The van der Waals surface area contributed by atoms with Crippen LogP contribution in [-0.2, 0) is 19.2 Å². The highest BCUT2D eigenvalue weighted by atomic mass is 16.4. The van der Waals surface area contributed by atoms with E-state index >= 15 is 0 Å². The third-order valence-corrected chi connectivity index (χ3v) is 4.38. The van der Waals surface area contributed by atoms with E-state index in [1.165, 1.54) is 0 Å². The van der Waals surface area contributed by atoms with Crippen molar-refractivity contribution in [1.82, 2.24) is 0 Å². The number of hydrogen-bond acceptors (Lipinski definition) is 8. The Morgan fingerprint density at radius 3 is 1.20 bits per heavy atom. The third kappa shape index (κ3) is 8.00. The Labute approximate surface area is 172 Å². The lowest BCUT2D eigenvalue weighted by molar-refractivity contribution is -0.152. The van der Waals surface area contributed by atoms with Crippen molar-refractivity contribution in [2.75, 3.05) is 13.1 Å². The van der Waals surface area contributed by atoms with Gasteiger partial charge in [0.2, 0.25) is 0 Å². The average Bonchev–Trinajstić information content (AvgIpc) is 2.65. The molecule has 0 bridgehead atoms. The molecule has 0 aliphatic carbocycles. The summed E-state index contributed by atoms with van der Waals surface area (Å²) in [6.07, 6.45) is -1.55. The number of carbonyl (C=O) groups excluding carboxylic acids is 2. The fourth-order valence-corrected chi connectivity index (χ4v) is 2.54. The molecule has 0 aliphatic heterocycles. The van der Waals surface area contributed by atoms with Crippen LogP contribution in [0.5, 0.6) is 0 Å². The van der Waals surface area contributed by atoms with E-state index in [9.17, 15) is 29.4 Å². The van der Waals surface area contributed by atoms with Crippen LogP contribution in [0.3, 0.4) is 0 Å². The van der Waals surface area contributed by atoms with Gasteiger partial charge in [-0.3, -0.25) is 19.6 Å². The number of aliphatic carboxylic acids is 2. The summed E-state index contributed by atoms with van der Waals surface area (Å²) < 4.78 is 0. The zero-order valence-electron chi connectivity index (χ0n) is 16.5. The van der Waals surface area contributed by atoms with E-state index in [2.05, 4.69) is 9.98 Å². The number of ketones is 2. The first-order chi connectivity index (χ1) is 13.8. The number of carbonyl (C=O) groups is 4. The molecule has 0 aromatic rings. The molecule has 0 amide bonds. The van der Waals surface area contributed by atoms with Crippen molar-refractivity contribution in [2.45, 2.75) is 49.6 Å². The van der Waals surface area contributed by atoms with Crippen LogP contribution < -0.4 is 34.4 Å². The molecule has 0 radical (unpaired) electrons. The zero-order valence-corrected chi connectivity index (χ0v) is 16.5. The number of hydrogen-bond donors (Lipinski definition) is 8. The summed E-state index contributed by atoms with van der Waals surface area (Å²) in [4.78, 5) is 55.1. The summed E-state index contributed by atoms with van der Waals surface area (Å²) in [6.45, 7) is 0.114. The maximum Gasteiger partial charge on any atom is 0.331 e. The number of Topliss-reactive ketones (excluding diaryl/α,β-unsaturated/α-hetero) is 2. The molecule has 170 valence electrons. The Bertz CT molecular complexity index is 657. The normalized spacial score (nSPS) is 14.6. The number of guanidine groups is 2. The molecule has 0 aromatic carbocycles. The van der Waals surface area contributed by atoms with Crippen molar-refractivity contribution < 1.29 is 29.4 Å². The quantitative estimate of drug-likeness (QED) is 0.0545. The Kier molecular flexibility index (Phi) is 10.4. The largest absolute Gasteiger partial charge is 0.480 e. The lowest BCUT2D eigenvalue weighted by Gasteiger charge is -2.25. The number of carboxylic acids is 2. The van der Waals surface area contributed by atoms with Gasteiger partial charge in [0.25, 0.3) is 0 Å². The average molecular weight is 430 g/mol. The molecule has 0 heterocycles. The zero-order chi connectivity index (χ0) is 23.5. The molecule has 30 heavy (non-hydrogen) atoms. The van der Waals surface area contributed by atoms with E-state index in [1.54, 1.807) is 0 Å². The standard InChI is InChI=1S/C16H30N8O6/c17-13(18)23-7-1-5-15(21,11(27)28)9(25)3-4-10(26)16(22,12(29)30)6-2-8-24-14(19)20/h1-8,21-22H2,(H,27,28)(H,29,30)(H4,17,18,23)(H4,19,20,24). The Morgan fingerprint density at radius 1 is 0.667 bits per heavy atom. The maximum absolute atomic E-state index is 12.4. The van der Waals surface area contributed by atoms with Crippen molar-refractivity contribution in [1.29, 1.82) is 0 Å². The van der Waals surface area contributed by atoms with Crippen molar-refractivity contribution in [3.8, 4) is 0 Å². The fraction of sp³-hybridized carbons (Fsp3) is 0.625. The number of rotatable bonds is 15. The van der Waals surface area contributed by atoms with E-state index in [0.29, 0.717) is 0 Å². The van der Waals surface area contributed by atoms with Crippen LogP contribution in [0.25, 0.3) is 0 Å². The molecule has 14 N–H and O–H groups in total. The molecule has 0 saturated carbocycles. The maximum atomic E-state index is 12.4. The first-order valence-corrected chi connectivity index (χ1v) is 8.99. The summed E-state index contributed by atoms with van der Waals surface area (Å²) in [5.74, 6) is -5.45. The van der Waals surface area contributed by atoms with Crippen molar-refractivity contribution in [3.63, 3.8) is 0 Å². The van der Waals surface area contributed by atoms with Gasteiger partial charge >= 0.3 is 11.9 Å². The van der Waals surface area contributed by atoms with Crippen LogP contribution in [0.1, 0.15) is 38.5 Å². The molecule has 0 spiro atoms. The van der Waals surface area contributed by atoms with Crippen LogP contribution >= 0.6 is 0 Å². The highest BCUT2D eigenvalue weighted by Crippen LogP contribution is 2.19. The summed E-state index contributed by atoms with van der Waals surface area (Å²) in [7, 11) is 0. The summed E-state index contributed by atoms with van der Waals surface area (Å²) in [5, 5.41) is 18.7. The van der Waals surface area contributed by atoms with Crippen LogP contribution in [0.4, 0.5) is 0 Å². The molecule has 0 fully saturated rings. The minimum absolute atomic E-state index is 0.0570. The number of nitrogens with two attached hydrogens (primary N) is 6. The van der Waals surface area contributed by atoms with Gasteiger partial charge in [-0.05, 0) is 25.7 Å². The molecular formula is C16H30N8O6. The lowest BCUT2D eigenvalue weighted by Crippen LogP contribution is -2.57. The first kappa shape index (κ1) is 26.7. The number of carboxylic acid groups (broad SMARTS) is 2. The van der Waals surface area contributed by atoms with Crippen molar-refractivity contribution in [3.05, 3.63) is 0 Å². The Hall–Kier alpha value is -3.26. The second kappa shape index (κ2) is 11.7. The second-order valence-corrected chi connectivity index (χ2v) is 6.72. The van der Waals surface area contributed by atoms with E-state index in [-0.39, 0.29) is 50.7 Å². The molecule has 2 atom stereocenters. The minimum atomic E-state index is -2.27. The monoisotopic (exact) mass is 430 g/mol. The number of aliphatic imine (C=N–C) groups is 2. The molecule has 14 heteroatoms. The van der Waals surface area contributed by atoms with Gasteiger partial charge < -0.3 is 44.6 Å². The van der Waals surface area contributed by atoms with Crippen LogP contribution in [0, 0.1) is 0 Å². The molecule has 0 aromatic heterocycles. The van der Waals surface area contributed by atoms with E-state index in [0.717, 1.165) is 0 Å². The highest BCUT2D eigenvalue weighted by molar-refractivity contribution is 6.11. The van der Waals surface area contributed by atoms with Gasteiger partial charge in [0, 0.05) is 25.9 Å². The molecule has 2 unspecified atom stereocenters. The van der Waals surface area contributed by atoms with Gasteiger partial charge in [0.05, 0.1) is 0 Å². The Morgan fingerprint density at radius 2 is 0.967 bits per heavy atom. The van der Waals surface area contributed by atoms with E-state index < -0.39 is 47.4 Å². The first-order valence-electron chi connectivity index (χ1n) is 8.99. The molecule has 14 nitrogen and oxygen atoms in total. The smallest absolute Gasteiger partial charge is 0.331 e. The van der Waals surface area contributed by atoms with Gasteiger partial charge in [-0.2, -0.15) is 0 Å². The van der Waals surface area contributed by atoms with E-state index in [1.807, 2.05) is 0 Å². The van der Waals surface area contributed by atoms with Gasteiger partial charge in [-0.15, -0.1) is 0 Å². The summed E-state index contributed by atoms with van der Waals surface area (Å²) >= 11 is 0. The predicted molar refractivity (Wildman–Crippen MR) is 108 cm³/mol. The van der Waals surface area contributed by atoms with Gasteiger partial charge in [0.1, 0.15) is 0 Å². The SMILES string of the molecule is NC(N)=NCCCC(N)(C(=O)O)C(=O)CCC(=O)C(N)(CCCN=C(N)N)C(=O)O. The third-order valence-electron chi connectivity index (χ3n) is 4.38. The van der Waals surface area contributed by atoms with Crippen LogP contribution in [-0.4, -0.2) is 69.8 Å². The molecule has 0 aliphatic rings. The van der Waals surface area contributed by atoms with Crippen LogP contribution in [0.2, 0.25) is 0 Å². The number of nitrogens with zero attached hydrogens (tertiary/aromatic N) is 2. The second-order valence-electron chi connectivity index (χ2n) is 6.72. The minimum Gasteiger partial charge on any atom is -0.480 e. The molecule has 0 rings (SSSR count). The molecule has 0 saturated heterocycles. The lowest BCUT2D eigenvalue weighted by atomic mass is 9.83. The van der Waals surface area contributed by atoms with Gasteiger partial charge in [-0.25, -0.2) is 9.59 Å². The van der Waals surface area contributed by atoms with Crippen molar-refractivity contribution in [2.24, 2.45) is 44.4 Å². The Balaban J connectivity index is 5.07. The summed E-state index contributed by atoms with van der Waals surface area (Å²) in [6, 6.07) is 0. The van der Waals surface area contributed by atoms with Crippen molar-refractivity contribution >= 4 is 35.4 Å². The fourth-order valence-electron chi connectivity index (χ4n) is 2.54.